The van der Waals surface area contributed by atoms with Crippen LogP contribution in [0.4, 0.5) is 11.4 Å². The van der Waals surface area contributed by atoms with E-state index in [4.69, 9.17) is 5.73 Å². The molecule has 0 saturated carbocycles. The van der Waals surface area contributed by atoms with Crippen molar-refractivity contribution in [2.45, 2.75) is 6.42 Å². The molecule has 0 aliphatic heterocycles. The summed E-state index contributed by atoms with van der Waals surface area (Å²) in [5.74, 6) is 0.589. The number of hydrogen-bond donors (Lipinski definition) is 3. The molecule has 0 atom stereocenters. The number of H-pyrrole nitrogens is 1. The molecule has 7 heteroatoms. The van der Waals surface area contributed by atoms with Gasteiger partial charge in [-0.2, -0.15) is 5.10 Å². The van der Waals surface area contributed by atoms with Gasteiger partial charge in [-0.3, -0.25) is 9.89 Å². The first-order valence-electron chi connectivity index (χ1n) is 6.27. The van der Waals surface area contributed by atoms with E-state index in [1.165, 1.54) is 6.33 Å². The van der Waals surface area contributed by atoms with E-state index in [1.807, 2.05) is 25.1 Å². The van der Waals surface area contributed by atoms with E-state index < -0.39 is 0 Å². The van der Waals surface area contributed by atoms with Gasteiger partial charge < -0.3 is 16.0 Å². The SMILES string of the molecule is CN(C)c1ccc(N)cc1C(=O)NCCc1ncn[nH]1. The van der Waals surface area contributed by atoms with Gasteiger partial charge in [-0.1, -0.05) is 0 Å². The van der Waals surface area contributed by atoms with E-state index in [1.54, 1.807) is 12.1 Å². The predicted molar refractivity (Wildman–Crippen MR) is 77.6 cm³/mol. The molecule has 1 amide bonds. The topological polar surface area (TPSA) is 99.9 Å². The minimum atomic E-state index is -0.152. The van der Waals surface area contributed by atoms with Crippen molar-refractivity contribution in [1.82, 2.24) is 20.5 Å². The van der Waals surface area contributed by atoms with E-state index >= 15 is 0 Å². The molecule has 0 fully saturated rings. The molecule has 1 aromatic heterocycles. The summed E-state index contributed by atoms with van der Waals surface area (Å²) in [5, 5.41) is 9.35. The molecule has 2 aromatic rings. The highest BCUT2D eigenvalue weighted by Gasteiger charge is 2.13. The van der Waals surface area contributed by atoms with Gasteiger partial charge in [0.05, 0.1) is 5.56 Å². The Hall–Kier alpha value is -2.57. The van der Waals surface area contributed by atoms with Crippen LogP contribution in [-0.2, 0) is 6.42 Å². The minimum Gasteiger partial charge on any atom is -0.399 e. The maximum Gasteiger partial charge on any atom is 0.253 e. The van der Waals surface area contributed by atoms with Crippen molar-refractivity contribution in [2.75, 3.05) is 31.3 Å². The molecular weight excluding hydrogens is 256 g/mol. The normalized spacial score (nSPS) is 10.3. The zero-order valence-electron chi connectivity index (χ0n) is 11.6. The number of anilines is 2. The Kier molecular flexibility index (Phi) is 4.19. The Morgan fingerprint density at radius 1 is 1.45 bits per heavy atom. The first-order valence-corrected chi connectivity index (χ1v) is 6.27. The molecule has 0 aliphatic carbocycles. The second-order valence-corrected chi connectivity index (χ2v) is 4.61. The molecule has 2 rings (SSSR count). The average Bonchev–Trinajstić information content (AvgIpc) is 2.91. The number of carbonyl (C=O) groups excluding carboxylic acids is 1. The Morgan fingerprint density at radius 3 is 2.90 bits per heavy atom. The number of hydrogen-bond acceptors (Lipinski definition) is 5. The monoisotopic (exact) mass is 274 g/mol. The summed E-state index contributed by atoms with van der Waals surface area (Å²) in [7, 11) is 3.77. The number of nitrogens with two attached hydrogens (primary N) is 1. The average molecular weight is 274 g/mol. The van der Waals surface area contributed by atoms with Crippen LogP contribution in [0.1, 0.15) is 16.2 Å². The van der Waals surface area contributed by atoms with Crippen molar-refractivity contribution >= 4 is 17.3 Å². The second kappa shape index (κ2) is 6.05. The van der Waals surface area contributed by atoms with Crippen molar-refractivity contribution < 1.29 is 4.79 Å². The highest BCUT2D eigenvalue weighted by molar-refractivity contribution is 6.00. The van der Waals surface area contributed by atoms with Crippen molar-refractivity contribution in [1.29, 1.82) is 0 Å². The number of nitrogens with one attached hydrogen (secondary N) is 2. The van der Waals surface area contributed by atoms with Crippen LogP contribution in [0, 0.1) is 0 Å². The van der Waals surface area contributed by atoms with Crippen LogP contribution in [0.5, 0.6) is 0 Å². The Bertz CT molecular complexity index is 579. The van der Waals surface area contributed by atoms with E-state index in [0.717, 1.165) is 11.5 Å². The lowest BCUT2D eigenvalue weighted by atomic mass is 10.1. The molecule has 1 aromatic carbocycles. The number of aromatic nitrogens is 3. The number of benzene rings is 1. The molecule has 0 radical (unpaired) electrons. The largest absolute Gasteiger partial charge is 0.399 e. The Balaban J connectivity index is 2.03. The lowest BCUT2D eigenvalue weighted by Crippen LogP contribution is -2.28. The number of nitrogens with zero attached hydrogens (tertiary/aromatic N) is 3. The molecule has 0 bridgehead atoms. The third kappa shape index (κ3) is 3.25. The summed E-state index contributed by atoms with van der Waals surface area (Å²) >= 11 is 0. The summed E-state index contributed by atoms with van der Waals surface area (Å²) in [4.78, 5) is 18.1. The highest BCUT2D eigenvalue weighted by atomic mass is 16.1. The molecule has 4 N–H and O–H groups in total. The lowest BCUT2D eigenvalue weighted by molar-refractivity contribution is 0.0954. The molecule has 0 aliphatic rings. The summed E-state index contributed by atoms with van der Waals surface area (Å²) in [5.41, 5.74) is 7.71. The molecule has 0 spiro atoms. The third-order valence-electron chi connectivity index (χ3n) is 2.86. The van der Waals surface area contributed by atoms with Gasteiger partial charge in [0.25, 0.3) is 5.91 Å². The molecule has 7 nitrogen and oxygen atoms in total. The summed E-state index contributed by atoms with van der Waals surface area (Å²) < 4.78 is 0. The van der Waals surface area contributed by atoms with Crippen LogP contribution >= 0.6 is 0 Å². The highest BCUT2D eigenvalue weighted by Crippen LogP contribution is 2.21. The molecular formula is C13H18N6O. The van der Waals surface area contributed by atoms with Crippen LogP contribution < -0.4 is 16.0 Å². The van der Waals surface area contributed by atoms with Crippen LogP contribution in [0.15, 0.2) is 24.5 Å². The summed E-state index contributed by atoms with van der Waals surface area (Å²) in [6, 6.07) is 5.29. The van der Waals surface area contributed by atoms with E-state index in [2.05, 4.69) is 20.5 Å². The fraction of sp³-hybridized carbons (Fsp3) is 0.308. The third-order valence-corrected chi connectivity index (χ3v) is 2.86. The van der Waals surface area contributed by atoms with Gasteiger partial charge in [-0.25, -0.2) is 4.98 Å². The predicted octanol–water partition coefficient (Wildman–Crippen LogP) is 0.425. The van der Waals surface area contributed by atoms with Crippen molar-refractivity contribution in [2.24, 2.45) is 0 Å². The van der Waals surface area contributed by atoms with E-state index in [9.17, 15) is 4.79 Å². The maximum absolute atomic E-state index is 12.2. The molecule has 0 unspecified atom stereocenters. The minimum absolute atomic E-state index is 0.152. The molecule has 20 heavy (non-hydrogen) atoms. The Morgan fingerprint density at radius 2 is 2.25 bits per heavy atom. The van der Waals surface area contributed by atoms with Crippen molar-refractivity contribution in [3.8, 4) is 0 Å². The van der Waals surface area contributed by atoms with Gasteiger partial charge in [-0.15, -0.1) is 0 Å². The number of amides is 1. The number of carbonyl (C=O) groups is 1. The first kappa shape index (κ1) is 13.9. The van der Waals surface area contributed by atoms with Crippen LogP contribution in [-0.4, -0.2) is 41.7 Å². The fourth-order valence-electron chi connectivity index (χ4n) is 1.87. The fourth-order valence-corrected chi connectivity index (χ4v) is 1.87. The zero-order valence-corrected chi connectivity index (χ0v) is 11.6. The standard InChI is InChI=1S/C13H18N6O/c1-19(2)11-4-3-9(14)7-10(11)13(20)15-6-5-12-16-8-17-18-12/h3-4,7-8H,5-6,14H2,1-2H3,(H,15,20)(H,16,17,18). The number of aromatic amines is 1. The van der Waals surface area contributed by atoms with Gasteiger partial charge in [0.1, 0.15) is 12.2 Å². The van der Waals surface area contributed by atoms with Gasteiger partial charge in [0.2, 0.25) is 0 Å². The van der Waals surface area contributed by atoms with E-state index in [-0.39, 0.29) is 5.91 Å². The first-order chi connectivity index (χ1) is 9.58. The maximum atomic E-state index is 12.2. The van der Waals surface area contributed by atoms with Gasteiger partial charge in [-0.05, 0) is 18.2 Å². The van der Waals surface area contributed by atoms with Gasteiger partial charge in [0, 0.05) is 38.4 Å². The Labute approximate surface area is 117 Å². The smallest absolute Gasteiger partial charge is 0.253 e. The molecule has 106 valence electrons. The van der Waals surface area contributed by atoms with Crippen LogP contribution in [0.2, 0.25) is 0 Å². The van der Waals surface area contributed by atoms with Crippen molar-refractivity contribution in [3.63, 3.8) is 0 Å². The van der Waals surface area contributed by atoms with Crippen molar-refractivity contribution in [3.05, 3.63) is 35.9 Å². The second-order valence-electron chi connectivity index (χ2n) is 4.61. The number of nitrogen functional groups attached to an aromatic ring is 1. The summed E-state index contributed by atoms with van der Waals surface area (Å²) in [6.45, 7) is 0.482. The number of rotatable bonds is 5. The van der Waals surface area contributed by atoms with Gasteiger partial charge in [0.15, 0.2) is 0 Å². The van der Waals surface area contributed by atoms with Crippen LogP contribution in [0.25, 0.3) is 0 Å². The summed E-state index contributed by atoms with van der Waals surface area (Å²) in [6.07, 6.45) is 2.05. The van der Waals surface area contributed by atoms with Crippen LogP contribution in [0.3, 0.4) is 0 Å². The molecule has 0 saturated heterocycles. The quantitative estimate of drug-likeness (QED) is 0.686. The van der Waals surface area contributed by atoms with E-state index in [0.29, 0.717) is 24.2 Å². The molecule has 1 heterocycles. The zero-order chi connectivity index (χ0) is 14.5. The lowest BCUT2D eigenvalue weighted by Gasteiger charge is -2.17. The van der Waals surface area contributed by atoms with Gasteiger partial charge >= 0.3 is 0 Å².